The highest BCUT2D eigenvalue weighted by Gasteiger charge is 2.26. The summed E-state index contributed by atoms with van der Waals surface area (Å²) < 4.78 is 7.63. The van der Waals surface area contributed by atoms with E-state index in [9.17, 15) is 4.79 Å². The average Bonchev–Trinajstić information content (AvgIpc) is 3.10. The zero-order valence-electron chi connectivity index (χ0n) is 14.3. The van der Waals surface area contributed by atoms with Gasteiger partial charge in [-0.2, -0.15) is 0 Å². The molecule has 0 saturated carbocycles. The van der Waals surface area contributed by atoms with Crippen molar-refractivity contribution in [1.29, 1.82) is 0 Å². The molecule has 0 radical (unpaired) electrons. The number of rotatable bonds is 4. The topological polar surface area (TPSA) is 46.8 Å². The molecule has 1 aromatic carbocycles. The van der Waals surface area contributed by atoms with Crippen LogP contribution in [0.5, 0.6) is 0 Å². The summed E-state index contributed by atoms with van der Waals surface area (Å²) in [6, 6.07) is 13.9. The van der Waals surface area contributed by atoms with Crippen LogP contribution in [0.15, 0.2) is 54.9 Å². The van der Waals surface area contributed by atoms with Crippen LogP contribution in [0.1, 0.15) is 22.5 Å². The molecule has 0 unspecified atom stereocenters. The zero-order chi connectivity index (χ0) is 17.9. The van der Waals surface area contributed by atoms with Gasteiger partial charge in [0.2, 0.25) is 0 Å². The molecule has 6 heteroatoms. The first-order chi connectivity index (χ1) is 12.7. The minimum atomic E-state index is -0.0576. The average molecular weight is 370 g/mol. The molecule has 0 bridgehead atoms. The first-order valence-corrected chi connectivity index (χ1v) is 9.16. The number of aromatic nitrogens is 2. The van der Waals surface area contributed by atoms with Gasteiger partial charge in [0, 0.05) is 25.5 Å². The number of ether oxygens (including phenoxy) is 1. The minimum Gasteiger partial charge on any atom is -0.375 e. The number of carbonyl (C=O) groups is 1. The van der Waals surface area contributed by atoms with Crippen molar-refractivity contribution in [2.75, 3.05) is 19.7 Å². The van der Waals surface area contributed by atoms with Gasteiger partial charge in [-0.25, -0.2) is 4.98 Å². The van der Waals surface area contributed by atoms with Crippen molar-refractivity contribution in [3.8, 4) is 0 Å². The highest BCUT2D eigenvalue weighted by atomic mass is 35.5. The van der Waals surface area contributed by atoms with Crippen LogP contribution in [-0.2, 0) is 11.2 Å². The molecule has 1 fully saturated rings. The van der Waals surface area contributed by atoms with Crippen molar-refractivity contribution in [1.82, 2.24) is 14.3 Å². The van der Waals surface area contributed by atoms with E-state index in [4.69, 9.17) is 16.3 Å². The number of nitrogens with zero attached hydrogens (tertiary/aromatic N) is 3. The molecule has 5 nitrogen and oxygen atoms in total. The van der Waals surface area contributed by atoms with Crippen LogP contribution in [0, 0.1) is 0 Å². The Morgan fingerprint density at radius 3 is 2.88 bits per heavy atom. The van der Waals surface area contributed by atoms with Crippen LogP contribution < -0.4 is 0 Å². The Kier molecular flexibility index (Phi) is 4.91. The summed E-state index contributed by atoms with van der Waals surface area (Å²) >= 11 is 6.00. The van der Waals surface area contributed by atoms with Crippen molar-refractivity contribution in [3.63, 3.8) is 0 Å². The monoisotopic (exact) mass is 369 g/mol. The van der Waals surface area contributed by atoms with E-state index in [0.29, 0.717) is 36.1 Å². The number of aryl methyl sites for hydroxylation is 1. The van der Waals surface area contributed by atoms with Crippen molar-refractivity contribution in [2.24, 2.45) is 0 Å². The van der Waals surface area contributed by atoms with E-state index in [1.54, 1.807) is 28.9 Å². The quantitative estimate of drug-likeness (QED) is 0.707. The molecule has 134 valence electrons. The van der Waals surface area contributed by atoms with Crippen LogP contribution >= 0.6 is 11.6 Å². The lowest BCUT2D eigenvalue weighted by molar-refractivity contribution is -0.0247. The fourth-order valence-corrected chi connectivity index (χ4v) is 3.45. The zero-order valence-corrected chi connectivity index (χ0v) is 15.1. The summed E-state index contributed by atoms with van der Waals surface area (Å²) in [5.74, 6) is -0.0576. The smallest absolute Gasteiger partial charge is 0.274 e. The van der Waals surface area contributed by atoms with Crippen LogP contribution in [0.2, 0.25) is 5.02 Å². The molecule has 1 amide bonds. The summed E-state index contributed by atoms with van der Waals surface area (Å²) in [4.78, 5) is 19.1. The number of imidazole rings is 1. The predicted molar refractivity (Wildman–Crippen MR) is 101 cm³/mol. The van der Waals surface area contributed by atoms with E-state index in [1.165, 1.54) is 5.56 Å². The third-order valence-corrected chi connectivity index (χ3v) is 4.88. The van der Waals surface area contributed by atoms with Gasteiger partial charge in [-0.15, -0.1) is 0 Å². The molecule has 4 rings (SSSR count). The number of benzene rings is 1. The maximum Gasteiger partial charge on any atom is 0.274 e. The number of hydrogen-bond donors (Lipinski definition) is 0. The fourth-order valence-electron chi connectivity index (χ4n) is 3.28. The second-order valence-corrected chi connectivity index (χ2v) is 6.94. The summed E-state index contributed by atoms with van der Waals surface area (Å²) in [7, 11) is 0. The molecule has 1 atom stereocenters. The van der Waals surface area contributed by atoms with Crippen LogP contribution in [0.4, 0.5) is 0 Å². The standard InChI is InChI=1S/C20H20ClN3O2/c21-16-7-9-19-22-18(14-24(19)12-16)20(25)23-10-11-26-17(13-23)8-6-15-4-2-1-3-5-15/h1-5,7,9,12,14,17H,6,8,10-11,13H2/t17-/m1/s1. The predicted octanol–water partition coefficient (Wildman–Crippen LogP) is 3.46. The first kappa shape index (κ1) is 17.1. The SMILES string of the molecule is O=C(c1cn2cc(Cl)ccc2n1)N1CCO[C@H](CCc2ccccc2)C1. The Morgan fingerprint density at radius 1 is 1.19 bits per heavy atom. The van der Waals surface area contributed by atoms with Gasteiger partial charge in [0.05, 0.1) is 17.7 Å². The van der Waals surface area contributed by atoms with Gasteiger partial charge in [0.25, 0.3) is 5.91 Å². The second kappa shape index (κ2) is 7.48. The highest BCUT2D eigenvalue weighted by molar-refractivity contribution is 6.30. The Hall–Kier alpha value is -2.37. The lowest BCUT2D eigenvalue weighted by Crippen LogP contribution is -2.45. The Labute approximate surface area is 157 Å². The lowest BCUT2D eigenvalue weighted by Gasteiger charge is -2.32. The van der Waals surface area contributed by atoms with Gasteiger partial charge in [-0.3, -0.25) is 4.79 Å². The normalized spacial score (nSPS) is 17.6. The number of hydrogen-bond acceptors (Lipinski definition) is 3. The van der Waals surface area contributed by atoms with Crippen LogP contribution in [0.25, 0.3) is 5.65 Å². The van der Waals surface area contributed by atoms with Crippen LogP contribution in [-0.4, -0.2) is 46.0 Å². The Balaban J connectivity index is 1.42. The minimum absolute atomic E-state index is 0.0550. The van der Waals surface area contributed by atoms with Crippen molar-refractivity contribution in [3.05, 3.63) is 71.1 Å². The molecule has 1 saturated heterocycles. The van der Waals surface area contributed by atoms with Crippen LogP contribution in [0.3, 0.4) is 0 Å². The van der Waals surface area contributed by atoms with E-state index in [2.05, 4.69) is 17.1 Å². The third kappa shape index (κ3) is 3.74. The van der Waals surface area contributed by atoms with E-state index < -0.39 is 0 Å². The largest absolute Gasteiger partial charge is 0.375 e. The van der Waals surface area contributed by atoms with Gasteiger partial charge in [0.15, 0.2) is 0 Å². The molecule has 0 N–H and O–H groups in total. The third-order valence-electron chi connectivity index (χ3n) is 4.66. The van der Waals surface area contributed by atoms with Crippen molar-refractivity contribution in [2.45, 2.75) is 18.9 Å². The maximum absolute atomic E-state index is 12.8. The number of fused-ring (bicyclic) bond motifs is 1. The van der Waals surface area contributed by atoms with E-state index in [0.717, 1.165) is 12.8 Å². The molecule has 26 heavy (non-hydrogen) atoms. The molecule has 1 aliphatic rings. The molecular weight excluding hydrogens is 350 g/mol. The van der Waals surface area contributed by atoms with E-state index in [-0.39, 0.29) is 12.0 Å². The molecular formula is C20H20ClN3O2. The van der Waals surface area contributed by atoms with Gasteiger partial charge < -0.3 is 14.0 Å². The lowest BCUT2D eigenvalue weighted by atomic mass is 10.1. The Bertz CT molecular complexity index is 910. The second-order valence-electron chi connectivity index (χ2n) is 6.51. The number of halogens is 1. The highest BCUT2D eigenvalue weighted by Crippen LogP contribution is 2.17. The van der Waals surface area contributed by atoms with Crippen molar-refractivity contribution >= 4 is 23.2 Å². The molecule has 0 aliphatic carbocycles. The molecule has 3 aromatic rings. The van der Waals surface area contributed by atoms with Gasteiger partial charge in [-0.1, -0.05) is 41.9 Å². The summed E-state index contributed by atoms with van der Waals surface area (Å²) in [6.07, 6.45) is 5.38. The molecule has 3 heterocycles. The van der Waals surface area contributed by atoms with E-state index in [1.807, 2.05) is 23.1 Å². The molecule has 2 aromatic heterocycles. The first-order valence-electron chi connectivity index (χ1n) is 8.78. The van der Waals surface area contributed by atoms with Crippen molar-refractivity contribution < 1.29 is 9.53 Å². The summed E-state index contributed by atoms with van der Waals surface area (Å²) in [6.45, 7) is 1.75. The Morgan fingerprint density at radius 2 is 2.04 bits per heavy atom. The van der Waals surface area contributed by atoms with Gasteiger partial charge >= 0.3 is 0 Å². The summed E-state index contributed by atoms with van der Waals surface area (Å²) in [5, 5.41) is 0.612. The summed E-state index contributed by atoms with van der Waals surface area (Å²) in [5.41, 5.74) is 2.44. The van der Waals surface area contributed by atoms with Gasteiger partial charge in [-0.05, 0) is 30.5 Å². The molecule has 0 spiro atoms. The van der Waals surface area contributed by atoms with E-state index >= 15 is 0 Å². The number of pyridine rings is 1. The fraction of sp³-hybridized carbons (Fsp3) is 0.300. The number of carbonyl (C=O) groups excluding carboxylic acids is 1. The molecule has 1 aliphatic heterocycles. The number of amides is 1. The van der Waals surface area contributed by atoms with Gasteiger partial charge in [0.1, 0.15) is 11.3 Å². The number of morpholine rings is 1. The maximum atomic E-state index is 12.8.